The number of nitrogens with one attached hydrogen (secondary N) is 2. The SMILES string of the molecule is CC(C)CC(CN(C)C)OC(=O)N1Cc2c(NC(=O)c3ccccc3)n[nH]c2C1(C)C. The minimum Gasteiger partial charge on any atom is -0.445 e. The van der Waals surface area contributed by atoms with Crippen LogP contribution in [0.3, 0.4) is 0 Å². The fourth-order valence-electron chi connectivity index (χ4n) is 3.98. The second-order valence-electron chi connectivity index (χ2n) is 9.29. The van der Waals surface area contributed by atoms with Crippen LogP contribution < -0.4 is 5.32 Å². The van der Waals surface area contributed by atoms with Gasteiger partial charge in [-0.3, -0.25) is 14.8 Å². The summed E-state index contributed by atoms with van der Waals surface area (Å²) >= 11 is 0. The standard InChI is InChI=1S/C23H33N5O3/c1-15(2)12-17(13-27(5)6)31-22(30)28-14-18-19(23(28,3)4)25-26-20(18)24-21(29)16-10-8-7-9-11-16/h7-11,15,17H,12-14H2,1-6H3,(H2,24,25,26,29). The van der Waals surface area contributed by atoms with Gasteiger partial charge in [0.25, 0.3) is 5.91 Å². The maximum atomic E-state index is 13.1. The van der Waals surface area contributed by atoms with Crippen LogP contribution in [0.25, 0.3) is 0 Å². The van der Waals surface area contributed by atoms with Gasteiger partial charge in [0.15, 0.2) is 5.82 Å². The first-order valence-corrected chi connectivity index (χ1v) is 10.7. The first kappa shape index (κ1) is 22.8. The number of rotatable bonds is 7. The number of ether oxygens (including phenoxy) is 1. The van der Waals surface area contributed by atoms with Crippen molar-refractivity contribution in [2.75, 3.05) is 26.0 Å². The molecule has 0 aliphatic carbocycles. The minimum atomic E-state index is -0.629. The summed E-state index contributed by atoms with van der Waals surface area (Å²) in [4.78, 5) is 29.4. The van der Waals surface area contributed by atoms with E-state index in [0.717, 1.165) is 17.7 Å². The van der Waals surface area contributed by atoms with E-state index in [1.165, 1.54) is 0 Å². The summed E-state index contributed by atoms with van der Waals surface area (Å²) < 4.78 is 5.91. The van der Waals surface area contributed by atoms with E-state index in [9.17, 15) is 9.59 Å². The molecule has 0 saturated heterocycles. The van der Waals surface area contributed by atoms with Crippen molar-refractivity contribution in [3.63, 3.8) is 0 Å². The summed E-state index contributed by atoms with van der Waals surface area (Å²) in [6.45, 7) is 9.12. The number of carbonyl (C=O) groups is 2. The number of nitrogens with zero attached hydrogens (tertiary/aromatic N) is 3. The Morgan fingerprint density at radius 2 is 1.94 bits per heavy atom. The smallest absolute Gasteiger partial charge is 0.411 e. The van der Waals surface area contributed by atoms with Crippen LogP contribution in [-0.4, -0.2) is 58.7 Å². The van der Waals surface area contributed by atoms with Gasteiger partial charge < -0.3 is 15.0 Å². The van der Waals surface area contributed by atoms with E-state index in [2.05, 4.69) is 29.4 Å². The number of H-pyrrole nitrogens is 1. The molecule has 2 N–H and O–H groups in total. The molecule has 8 heteroatoms. The Morgan fingerprint density at radius 1 is 1.26 bits per heavy atom. The lowest BCUT2D eigenvalue weighted by atomic mass is 10.0. The minimum absolute atomic E-state index is 0.187. The highest BCUT2D eigenvalue weighted by Gasteiger charge is 2.45. The van der Waals surface area contributed by atoms with Gasteiger partial charge in [-0.05, 0) is 52.4 Å². The first-order valence-electron chi connectivity index (χ1n) is 10.7. The molecule has 1 aromatic carbocycles. The molecule has 31 heavy (non-hydrogen) atoms. The lowest BCUT2D eigenvalue weighted by Crippen LogP contribution is -2.44. The van der Waals surface area contributed by atoms with Gasteiger partial charge in [0.1, 0.15) is 6.10 Å². The highest BCUT2D eigenvalue weighted by Crippen LogP contribution is 2.41. The van der Waals surface area contributed by atoms with Gasteiger partial charge in [-0.25, -0.2) is 4.79 Å². The summed E-state index contributed by atoms with van der Waals surface area (Å²) in [6.07, 6.45) is 0.249. The van der Waals surface area contributed by atoms with Crippen molar-refractivity contribution in [2.24, 2.45) is 5.92 Å². The average molecular weight is 428 g/mol. The molecule has 0 saturated carbocycles. The Morgan fingerprint density at radius 3 is 2.55 bits per heavy atom. The number of likely N-dealkylation sites (N-methyl/N-ethyl adjacent to an activating group) is 1. The number of amides is 2. The molecule has 0 fully saturated rings. The second-order valence-corrected chi connectivity index (χ2v) is 9.29. The number of aromatic amines is 1. The summed E-state index contributed by atoms with van der Waals surface area (Å²) in [7, 11) is 3.94. The zero-order chi connectivity index (χ0) is 22.8. The number of carbonyl (C=O) groups excluding carboxylic acids is 2. The Labute approximate surface area is 183 Å². The molecule has 0 spiro atoms. The number of anilines is 1. The van der Waals surface area contributed by atoms with Crippen molar-refractivity contribution in [2.45, 2.75) is 52.3 Å². The van der Waals surface area contributed by atoms with Crippen LogP contribution in [0.2, 0.25) is 0 Å². The van der Waals surface area contributed by atoms with Crippen molar-refractivity contribution in [1.82, 2.24) is 20.0 Å². The summed E-state index contributed by atoms with van der Waals surface area (Å²) in [5, 5.41) is 10.2. The summed E-state index contributed by atoms with van der Waals surface area (Å²) in [5.41, 5.74) is 1.53. The largest absolute Gasteiger partial charge is 0.445 e. The van der Waals surface area contributed by atoms with Gasteiger partial charge in [0.05, 0.1) is 17.8 Å². The Bertz CT molecular complexity index is 911. The van der Waals surface area contributed by atoms with E-state index in [0.29, 0.717) is 30.4 Å². The second kappa shape index (κ2) is 9.09. The summed E-state index contributed by atoms with van der Waals surface area (Å²) in [5.74, 6) is 0.622. The Balaban J connectivity index is 1.75. The third kappa shape index (κ3) is 5.07. The number of fused-ring (bicyclic) bond motifs is 1. The van der Waals surface area contributed by atoms with Crippen molar-refractivity contribution in [1.29, 1.82) is 0 Å². The normalized spacial score (nSPS) is 15.8. The van der Waals surface area contributed by atoms with Gasteiger partial charge in [-0.15, -0.1) is 0 Å². The molecule has 8 nitrogen and oxygen atoms in total. The zero-order valence-electron chi connectivity index (χ0n) is 19.2. The molecule has 1 aliphatic rings. The van der Waals surface area contributed by atoms with E-state index in [4.69, 9.17) is 4.74 Å². The van der Waals surface area contributed by atoms with Gasteiger partial charge in [0, 0.05) is 17.7 Å². The van der Waals surface area contributed by atoms with Crippen LogP contribution in [0.15, 0.2) is 30.3 Å². The number of hydrogen-bond acceptors (Lipinski definition) is 5. The topological polar surface area (TPSA) is 90.6 Å². The Kier molecular flexibility index (Phi) is 6.69. The maximum Gasteiger partial charge on any atom is 0.411 e. The van der Waals surface area contributed by atoms with Crippen LogP contribution in [-0.2, 0) is 16.8 Å². The highest BCUT2D eigenvalue weighted by atomic mass is 16.6. The summed E-state index contributed by atoms with van der Waals surface area (Å²) in [6, 6.07) is 8.97. The van der Waals surface area contributed by atoms with E-state index in [1.54, 1.807) is 17.0 Å². The van der Waals surface area contributed by atoms with Crippen LogP contribution in [0.4, 0.5) is 10.6 Å². The fourth-order valence-corrected chi connectivity index (χ4v) is 3.98. The first-order chi connectivity index (χ1) is 14.6. The van der Waals surface area contributed by atoms with E-state index in [-0.39, 0.29) is 18.1 Å². The number of benzene rings is 1. The van der Waals surface area contributed by atoms with Crippen LogP contribution in [0, 0.1) is 5.92 Å². The van der Waals surface area contributed by atoms with Crippen LogP contribution in [0.5, 0.6) is 0 Å². The van der Waals surface area contributed by atoms with E-state index < -0.39 is 5.54 Å². The van der Waals surface area contributed by atoms with Crippen molar-refractivity contribution < 1.29 is 14.3 Å². The van der Waals surface area contributed by atoms with Crippen molar-refractivity contribution >= 4 is 17.8 Å². The molecule has 1 atom stereocenters. The maximum absolute atomic E-state index is 13.1. The van der Waals surface area contributed by atoms with Crippen molar-refractivity contribution in [3.05, 3.63) is 47.2 Å². The molecular weight excluding hydrogens is 394 g/mol. The molecule has 2 aromatic rings. The van der Waals surface area contributed by atoms with Crippen molar-refractivity contribution in [3.8, 4) is 0 Å². The van der Waals surface area contributed by atoms with Gasteiger partial charge in [-0.1, -0.05) is 32.0 Å². The molecular formula is C23H33N5O3. The molecule has 168 valence electrons. The molecule has 1 aromatic heterocycles. The molecule has 2 amide bonds. The lowest BCUT2D eigenvalue weighted by Gasteiger charge is -2.33. The van der Waals surface area contributed by atoms with E-state index in [1.807, 2.05) is 51.0 Å². The molecule has 0 bridgehead atoms. The Hall–Kier alpha value is -2.87. The third-order valence-electron chi connectivity index (χ3n) is 5.53. The molecule has 2 heterocycles. The van der Waals surface area contributed by atoms with Crippen LogP contribution in [0.1, 0.15) is 55.7 Å². The number of hydrogen-bond donors (Lipinski definition) is 2. The third-order valence-corrected chi connectivity index (χ3v) is 5.53. The monoisotopic (exact) mass is 427 g/mol. The van der Waals surface area contributed by atoms with Crippen LogP contribution >= 0.6 is 0 Å². The molecule has 1 unspecified atom stereocenters. The van der Waals surface area contributed by atoms with Gasteiger partial charge >= 0.3 is 6.09 Å². The fraction of sp³-hybridized carbons (Fsp3) is 0.522. The van der Waals surface area contributed by atoms with E-state index >= 15 is 0 Å². The number of aromatic nitrogens is 2. The lowest BCUT2D eigenvalue weighted by molar-refractivity contribution is 0.0195. The highest BCUT2D eigenvalue weighted by molar-refractivity contribution is 6.04. The van der Waals surface area contributed by atoms with Gasteiger partial charge in [-0.2, -0.15) is 5.10 Å². The zero-order valence-corrected chi connectivity index (χ0v) is 19.2. The molecule has 0 radical (unpaired) electrons. The molecule has 1 aliphatic heterocycles. The molecule has 3 rings (SSSR count). The van der Waals surface area contributed by atoms with Gasteiger partial charge in [0.2, 0.25) is 0 Å². The quantitative estimate of drug-likeness (QED) is 0.701. The predicted molar refractivity (Wildman–Crippen MR) is 120 cm³/mol. The predicted octanol–water partition coefficient (Wildman–Crippen LogP) is 3.83. The average Bonchev–Trinajstić information content (AvgIpc) is 3.19.